The minimum Gasteiger partial charge on any atom is -0.482 e. The summed E-state index contributed by atoms with van der Waals surface area (Å²) in [5.41, 5.74) is 2.79. The minimum absolute atomic E-state index is 0.182. The van der Waals surface area contributed by atoms with Crippen molar-refractivity contribution in [3.8, 4) is 5.75 Å². The second-order valence-corrected chi connectivity index (χ2v) is 7.16. The molecule has 29 heavy (non-hydrogen) atoms. The summed E-state index contributed by atoms with van der Waals surface area (Å²) in [5, 5.41) is 16.8. The Morgan fingerprint density at radius 3 is 2.52 bits per heavy atom. The number of nitrogens with zero attached hydrogens (tertiary/aromatic N) is 3. The van der Waals surface area contributed by atoms with Crippen LogP contribution in [0, 0.1) is 6.92 Å². The van der Waals surface area contributed by atoms with Crippen molar-refractivity contribution in [3.63, 3.8) is 0 Å². The van der Waals surface area contributed by atoms with Crippen LogP contribution in [0.5, 0.6) is 5.75 Å². The molecule has 0 spiro atoms. The number of rotatable bonds is 7. The van der Waals surface area contributed by atoms with Gasteiger partial charge in [0.25, 0.3) is 5.91 Å². The number of aliphatic carboxylic acids is 1. The predicted octanol–water partition coefficient (Wildman–Crippen LogP) is 3.28. The van der Waals surface area contributed by atoms with Crippen molar-refractivity contribution in [1.82, 2.24) is 20.1 Å². The molecule has 2 aromatic heterocycles. The summed E-state index contributed by atoms with van der Waals surface area (Å²) in [4.78, 5) is 28.0. The van der Waals surface area contributed by atoms with Gasteiger partial charge in [0, 0.05) is 11.4 Å². The maximum absolute atomic E-state index is 12.8. The van der Waals surface area contributed by atoms with E-state index in [1.54, 1.807) is 30.5 Å². The number of aromatic nitrogens is 3. The van der Waals surface area contributed by atoms with E-state index in [0.29, 0.717) is 17.0 Å². The maximum Gasteiger partial charge on any atom is 0.341 e. The van der Waals surface area contributed by atoms with Gasteiger partial charge >= 0.3 is 5.97 Å². The Balaban J connectivity index is 1.74. The number of hydrogen-bond donors (Lipinski definition) is 2. The van der Waals surface area contributed by atoms with Gasteiger partial charge in [0.2, 0.25) is 0 Å². The first-order valence-electron chi connectivity index (χ1n) is 9.36. The number of fused-ring (bicyclic) bond motifs is 1. The molecule has 0 saturated carbocycles. The molecule has 8 heteroatoms. The van der Waals surface area contributed by atoms with E-state index in [9.17, 15) is 9.59 Å². The highest BCUT2D eigenvalue weighted by molar-refractivity contribution is 5.98. The Labute approximate surface area is 168 Å². The molecule has 152 valence electrons. The second-order valence-electron chi connectivity index (χ2n) is 7.16. The smallest absolute Gasteiger partial charge is 0.341 e. The number of carbonyl (C=O) groups is 2. The van der Waals surface area contributed by atoms with Crippen molar-refractivity contribution >= 4 is 22.9 Å². The third kappa shape index (κ3) is 4.53. The number of carboxylic acid groups (broad SMARTS) is 1. The van der Waals surface area contributed by atoms with Crippen LogP contribution in [0.1, 0.15) is 54.5 Å². The molecule has 0 aliphatic heterocycles. The Bertz CT molecular complexity index is 1040. The van der Waals surface area contributed by atoms with E-state index in [0.717, 1.165) is 16.6 Å². The molecule has 2 heterocycles. The SMILES string of the molecule is Cc1nc2c(cnn2C(C)C)cc1C(=O)NC(C)c1ccc(OCC(=O)O)cc1. The number of benzene rings is 1. The minimum atomic E-state index is -1.03. The molecule has 0 aliphatic rings. The molecule has 0 saturated heterocycles. The van der Waals surface area contributed by atoms with Crippen LogP contribution in [0.25, 0.3) is 11.0 Å². The van der Waals surface area contributed by atoms with Gasteiger partial charge in [0.1, 0.15) is 5.75 Å². The van der Waals surface area contributed by atoms with Crippen LogP contribution in [0.15, 0.2) is 36.5 Å². The molecule has 1 atom stereocenters. The van der Waals surface area contributed by atoms with E-state index in [-0.39, 0.29) is 18.0 Å². The van der Waals surface area contributed by atoms with Gasteiger partial charge in [-0.1, -0.05) is 12.1 Å². The summed E-state index contributed by atoms with van der Waals surface area (Å²) in [6.07, 6.45) is 1.72. The van der Waals surface area contributed by atoms with Crippen molar-refractivity contribution < 1.29 is 19.4 Å². The lowest BCUT2D eigenvalue weighted by Crippen LogP contribution is -2.27. The van der Waals surface area contributed by atoms with Crippen molar-refractivity contribution in [2.45, 2.75) is 39.8 Å². The fraction of sp³-hybridized carbons (Fsp3) is 0.333. The molecule has 1 aromatic carbocycles. The molecule has 8 nitrogen and oxygen atoms in total. The zero-order valence-corrected chi connectivity index (χ0v) is 16.8. The average Bonchev–Trinajstić information content (AvgIpc) is 3.08. The Hall–Kier alpha value is -3.42. The van der Waals surface area contributed by atoms with Crippen LogP contribution in [0.2, 0.25) is 0 Å². The first-order valence-corrected chi connectivity index (χ1v) is 9.36. The van der Waals surface area contributed by atoms with Gasteiger partial charge in [-0.25, -0.2) is 14.5 Å². The summed E-state index contributed by atoms with van der Waals surface area (Å²) in [5.74, 6) is -0.787. The summed E-state index contributed by atoms with van der Waals surface area (Å²) in [6, 6.07) is 8.70. The summed E-state index contributed by atoms with van der Waals surface area (Å²) in [7, 11) is 0. The van der Waals surface area contributed by atoms with E-state index in [1.807, 2.05) is 38.4 Å². The summed E-state index contributed by atoms with van der Waals surface area (Å²) < 4.78 is 6.96. The first kappa shape index (κ1) is 20.3. The number of carbonyl (C=O) groups excluding carboxylic acids is 1. The van der Waals surface area contributed by atoms with Gasteiger partial charge in [-0.2, -0.15) is 5.10 Å². The molecular weight excluding hydrogens is 372 g/mol. The third-order valence-corrected chi connectivity index (χ3v) is 4.58. The molecule has 0 radical (unpaired) electrons. The molecule has 3 rings (SSSR count). The number of pyridine rings is 1. The topological polar surface area (TPSA) is 106 Å². The first-order chi connectivity index (χ1) is 13.8. The molecule has 0 bridgehead atoms. The number of aryl methyl sites for hydroxylation is 1. The standard InChI is InChI=1S/C21H24N4O4/c1-12(2)25-20-16(10-22-25)9-18(14(4)23-20)21(28)24-13(3)15-5-7-17(8-6-15)29-11-19(26)27/h5-10,12-13H,11H2,1-4H3,(H,24,28)(H,26,27). The second kappa shape index (κ2) is 8.30. The highest BCUT2D eigenvalue weighted by Gasteiger charge is 2.17. The average molecular weight is 396 g/mol. The van der Waals surface area contributed by atoms with E-state index in [1.165, 1.54) is 0 Å². The zero-order valence-electron chi connectivity index (χ0n) is 16.8. The predicted molar refractivity (Wildman–Crippen MR) is 108 cm³/mol. The largest absolute Gasteiger partial charge is 0.482 e. The van der Waals surface area contributed by atoms with E-state index < -0.39 is 12.6 Å². The van der Waals surface area contributed by atoms with Crippen molar-refractivity contribution in [3.05, 3.63) is 53.3 Å². The van der Waals surface area contributed by atoms with Gasteiger partial charge in [-0.05, 0) is 51.5 Å². The lowest BCUT2D eigenvalue weighted by atomic mass is 10.1. The quantitative estimate of drug-likeness (QED) is 0.635. The molecule has 1 unspecified atom stereocenters. The van der Waals surface area contributed by atoms with Crippen LogP contribution in [-0.2, 0) is 4.79 Å². The summed E-state index contributed by atoms with van der Waals surface area (Å²) >= 11 is 0. The van der Waals surface area contributed by atoms with Crippen LogP contribution in [0.4, 0.5) is 0 Å². The van der Waals surface area contributed by atoms with Gasteiger partial charge in [-0.15, -0.1) is 0 Å². The summed E-state index contributed by atoms with van der Waals surface area (Å²) in [6.45, 7) is 7.36. The van der Waals surface area contributed by atoms with E-state index in [4.69, 9.17) is 9.84 Å². The van der Waals surface area contributed by atoms with E-state index in [2.05, 4.69) is 15.4 Å². The number of carboxylic acids is 1. The number of hydrogen-bond acceptors (Lipinski definition) is 5. The van der Waals surface area contributed by atoms with Crippen LogP contribution >= 0.6 is 0 Å². The number of nitrogens with one attached hydrogen (secondary N) is 1. The Morgan fingerprint density at radius 1 is 1.21 bits per heavy atom. The Kier molecular flexibility index (Phi) is 5.81. The fourth-order valence-corrected chi connectivity index (χ4v) is 3.03. The van der Waals surface area contributed by atoms with Crippen molar-refractivity contribution in [2.24, 2.45) is 0 Å². The molecule has 1 amide bonds. The van der Waals surface area contributed by atoms with Gasteiger partial charge < -0.3 is 15.2 Å². The zero-order chi connectivity index (χ0) is 21.1. The monoisotopic (exact) mass is 396 g/mol. The maximum atomic E-state index is 12.8. The van der Waals surface area contributed by atoms with Crippen molar-refractivity contribution in [2.75, 3.05) is 6.61 Å². The van der Waals surface area contributed by atoms with E-state index >= 15 is 0 Å². The highest BCUT2D eigenvalue weighted by atomic mass is 16.5. The Morgan fingerprint density at radius 2 is 1.90 bits per heavy atom. The van der Waals surface area contributed by atoms with Gasteiger partial charge in [0.15, 0.2) is 12.3 Å². The van der Waals surface area contributed by atoms with Crippen molar-refractivity contribution in [1.29, 1.82) is 0 Å². The number of amides is 1. The lowest BCUT2D eigenvalue weighted by Gasteiger charge is -2.16. The van der Waals surface area contributed by atoms with Crippen LogP contribution < -0.4 is 10.1 Å². The highest BCUT2D eigenvalue weighted by Crippen LogP contribution is 2.21. The molecule has 0 aliphatic carbocycles. The fourth-order valence-electron chi connectivity index (χ4n) is 3.03. The number of ether oxygens (including phenoxy) is 1. The third-order valence-electron chi connectivity index (χ3n) is 4.58. The normalized spacial score (nSPS) is 12.2. The molecule has 0 fully saturated rings. The molecule has 2 N–H and O–H groups in total. The lowest BCUT2D eigenvalue weighted by molar-refractivity contribution is -0.139. The van der Waals surface area contributed by atoms with Crippen LogP contribution in [0.3, 0.4) is 0 Å². The molecule has 3 aromatic rings. The van der Waals surface area contributed by atoms with Gasteiger partial charge in [-0.3, -0.25) is 4.79 Å². The molecular formula is C21H24N4O4. The van der Waals surface area contributed by atoms with Crippen LogP contribution in [-0.4, -0.2) is 38.4 Å². The van der Waals surface area contributed by atoms with Gasteiger partial charge in [0.05, 0.1) is 23.5 Å².